The third-order valence-corrected chi connectivity index (χ3v) is 4.62. The number of hydrogen-bond acceptors (Lipinski definition) is 5. The van der Waals surface area contributed by atoms with E-state index >= 15 is 0 Å². The molecule has 2 aromatic heterocycles. The number of benzene rings is 1. The molecule has 0 radical (unpaired) electrons. The molecule has 0 bridgehead atoms. The minimum absolute atomic E-state index is 0.0625. The lowest BCUT2D eigenvalue weighted by Gasteiger charge is -2.10. The van der Waals surface area contributed by atoms with E-state index in [4.69, 9.17) is 27.9 Å². The molecule has 11 heteroatoms. The van der Waals surface area contributed by atoms with E-state index in [9.17, 15) is 14.4 Å². The van der Waals surface area contributed by atoms with Gasteiger partial charge in [0.25, 0.3) is 5.56 Å². The lowest BCUT2D eigenvalue weighted by atomic mass is 10.3. The van der Waals surface area contributed by atoms with E-state index in [-0.39, 0.29) is 23.0 Å². The van der Waals surface area contributed by atoms with Crippen molar-refractivity contribution in [3.05, 3.63) is 49.3 Å². The maximum Gasteiger partial charge on any atom is 0.332 e. The highest BCUT2D eigenvalue weighted by Crippen LogP contribution is 2.27. The van der Waals surface area contributed by atoms with Crippen molar-refractivity contribution >= 4 is 46.0 Å². The third-order valence-electron chi connectivity index (χ3n) is 4.04. The molecule has 1 N–H and O–H groups in total. The number of nitrogens with one attached hydrogen (secondary N) is 1. The second-order valence-corrected chi connectivity index (χ2v) is 6.49. The predicted octanol–water partition coefficient (Wildman–Crippen LogP) is 1.39. The zero-order valence-corrected chi connectivity index (χ0v) is 16.1. The van der Waals surface area contributed by atoms with Crippen molar-refractivity contribution in [1.29, 1.82) is 0 Å². The number of anilines is 1. The molecule has 0 atom stereocenters. The van der Waals surface area contributed by atoms with Gasteiger partial charge in [-0.2, -0.15) is 4.98 Å². The Bertz CT molecular complexity index is 1180. The third kappa shape index (κ3) is 3.31. The maximum atomic E-state index is 12.5. The Labute approximate surface area is 162 Å². The standard InChI is InChI=1S/C16H15Cl2N5O4/c1-21-13-12(14(25)22(2)16(21)26)23(15(18)20-13)7-11(24)19-8-4-5-10(27-3)9(17)6-8/h4-6H,7H2,1-3H3,(H,19,24). The Balaban J connectivity index is 1.96. The molecular formula is C16H15Cl2N5O4. The SMILES string of the molecule is COc1ccc(NC(=O)Cn2c(Cl)nc3c2c(=O)n(C)c(=O)n3C)cc1Cl. The monoisotopic (exact) mass is 411 g/mol. The van der Waals surface area contributed by atoms with Gasteiger partial charge < -0.3 is 10.1 Å². The zero-order valence-electron chi connectivity index (χ0n) is 14.6. The number of nitrogens with zero attached hydrogens (tertiary/aromatic N) is 4. The van der Waals surface area contributed by atoms with E-state index in [1.807, 2.05) is 0 Å². The lowest BCUT2D eigenvalue weighted by Crippen LogP contribution is -2.37. The number of aromatic nitrogens is 4. The van der Waals surface area contributed by atoms with Crippen LogP contribution in [0.3, 0.4) is 0 Å². The topological polar surface area (TPSA) is 100 Å². The van der Waals surface area contributed by atoms with Crippen molar-refractivity contribution in [3.8, 4) is 5.75 Å². The van der Waals surface area contributed by atoms with Gasteiger partial charge in [-0.15, -0.1) is 0 Å². The largest absolute Gasteiger partial charge is 0.495 e. The van der Waals surface area contributed by atoms with Crippen LogP contribution in [0.25, 0.3) is 11.2 Å². The van der Waals surface area contributed by atoms with E-state index < -0.39 is 17.2 Å². The van der Waals surface area contributed by atoms with E-state index in [0.29, 0.717) is 16.5 Å². The van der Waals surface area contributed by atoms with Crippen molar-refractivity contribution in [3.63, 3.8) is 0 Å². The Morgan fingerprint density at radius 2 is 1.93 bits per heavy atom. The van der Waals surface area contributed by atoms with Gasteiger partial charge in [-0.3, -0.25) is 23.3 Å². The molecule has 2 heterocycles. The van der Waals surface area contributed by atoms with E-state index in [0.717, 1.165) is 4.57 Å². The Kier molecular flexibility index (Phi) is 4.99. The zero-order chi connectivity index (χ0) is 19.9. The van der Waals surface area contributed by atoms with Crippen LogP contribution in [-0.2, 0) is 25.4 Å². The van der Waals surface area contributed by atoms with Crippen LogP contribution in [0, 0.1) is 0 Å². The number of carbonyl (C=O) groups is 1. The lowest BCUT2D eigenvalue weighted by molar-refractivity contribution is -0.116. The molecule has 3 aromatic rings. The molecule has 0 spiro atoms. The molecule has 0 aliphatic rings. The van der Waals surface area contributed by atoms with Crippen LogP contribution in [0.1, 0.15) is 0 Å². The van der Waals surface area contributed by atoms with Gasteiger partial charge in [-0.05, 0) is 29.8 Å². The summed E-state index contributed by atoms with van der Waals surface area (Å²) in [5, 5.41) is 2.92. The molecule has 3 rings (SSSR count). The van der Waals surface area contributed by atoms with E-state index in [1.165, 1.54) is 36.4 Å². The van der Waals surface area contributed by atoms with Crippen molar-refractivity contribution in [1.82, 2.24) is 18.7 Å². The number of fused-ring (bicyclic) bond motifs is 1. The number of carbonyl (C=O) groups excluding carboxylic acids is 1. The number of imidazole rings is 1. The fourth-order valence-corrected chi connectivity index (χ4v) is 3.13. The van der Waals surface area contributed by atoms with Gasteiger partial charge >= 0.3 is 5.69 Å². The predicted molar refractivity (Wildman–Crippen MR) is 102 cm³/mol. The van der Waals surface area contributed by atoms with E-state index in [1.54, 1.807) is 12.1 Å². The second kappa shape index (κ2) is 7.09. The molecule has 0 aliphatic carbocycles. The smallest absolute Gasteiger partial charge is 0.332 e. The molecule has 0 unspecified atom stereocenters. The van der Waals surface area contributed by atoms with Gasteiger partial charge in [-0.1, -0.05) is 11.6 Å². The second-order valence-electron chi connectivity index (χ2n) is 5.74. The number of amides is 1. The molecular weight excluding hydrogens is 397 g/mol. The molecule has 1 amide bonds. The first kappa shape index (κ1) is 19.0. The Hall–Kier alpha value is -2.78. The summed E-state index contributed by atoms with van der Waals surface area (Å²) >= 11 is 12.1. The summed E-state index contributed by atoms with van der Waals surface area (Å²) in [5.41, 5.74) is -0.508. The van der Waals surface area contributed by atoms with Gasteiger partial charge in [0.1, 0.15) is 12.3 Å². The average Bonchev–Trinajstić information content (AvgIpc) is 2.95. The molecule has 9 nitrogen and oxygen atoms in total. The molecule has 0 fully saturated rings. The van der Waals surface area contributed by atoms with Gasteiger partial charge in [0.15, 0.2) is 11.2 Å². The van der Waals surface area contributed by atoms with Crippen LogP contribution in [0.5, 0.6) is 5.75 Å². The molecule has 1 aromatic carbocycles. The first-order valence-corrected chi connectivity index (χ1v) is 8.45. The number of methoxy groups -OCH3 is 1. The summed E-state index contributed by atoms with van der Waals surface area (Å²) in [6, 6.07) is 4.77. The van der Waals surface area contributed by atoms with Crippen molar-refractivity contribution in [2.45, 2.75) is 6.54 Å². The fraction of sp³-hybridized carbons (Fsp3) is 0.250. The first-order valence-electron chi connectivity index (χ1n) is 7.69. The fourth-order valence-electron chi connectivity index (χ4n) is 2.65. The van der Waals surface area contributed by atoms with Crippen LogP contribution in [0.4, 0.5) is 5.69 Å². The summed E-state index contributed by atoms with van der Waals surface area (Å²) in [6.07, 6.45) is 0. The van der Waals surface area contributed by atoms with Gasteiger partial charge in [0.05, 0.1) is 12.1 Å². The Morgan fingerprint density at radius 1 is 1.22 bits per heavy atom. The van der Waals surface area contributed by atoms with Crippen molar-refractivity contribution in [2.24, 2.45) is 14.1 Å². The minimum atomic E-state index is -0.590. The number of ether oxygens (including phenoxy) is 1. The molecule has 0 saturated heterocycles. The van der Waals surface area contributed by atoms with Crippen molar-refractivity contribution < 1.29 is 9.53 Å². The number of halogens is 2. The van der Waals surface area contributed by atoms with Crippen LogP contribution in [0.2, 0.25) is 10.3 Å². The summed E-state index contributed by atoms with van der Waals surface area (Å²) in [4.78, 5) is 40.9. The molecule has 0 saturated carbocycles. The van der Waals surface area contributed by atoms with Crippen LogP contribution in [-0.4, -0.2) is 31.7 Å². The normalized spacial score (nSPS) is 11.0. The maximum absolute atomic E-state index is 12.5. The van der Waals surface area contributed by atoms with Crippen LogP contribution >= 0.6 is 23.2 Å². The van der Waals surface area contributed by atoms with Gasteiger partial charge in [0, 0.05) is 19.8 Å². The summed E-state index contributed by atoms with van der Waals surface area (Å²) in [5.74, 6) is 0.0241. The van der Waals surface area contributed by atoms with Crippen LogP contribution < -0.4 is 21.3 Å². The van der Waals surface area contributed by atoms with E-state index in [2.05, 4.69) is 10.3 Å². The summed E-state index contributed by atoms with van der Waals surface area (Å²) in [6.45, 7) is -0.271. The van der Waals surface area contributed by atoms with Gasteiger partial charge in [0.2, 0.25) is 11.2 Å². The quantitative estimate of drug-likeness (QED) is 0.653. The van der Waals surface area contributed by atoms with Crippen molar-refractivity contribution in [2.75, 3.05) is 12.4 Å². The highest BCUT2D eigenvalue weighted by molar-refractivity contribution is 6.32. The molecule has 0 aliphatic heterocycles. The number of rotatable bonds is 4. The highest BCUT2D eigenvalue weighted by atomic mass is 35.5. The Morgan fingerprint density at radius 3 is 2.56 bits per heavy atom. The summed E-state index contributed by atoms with van der Waals surface area (Å²) < 4.78 is 8.43. The molecule has 142 valence electrons. The molecule has 27 heavy (non-hydrogen) atoms. The van der Waals surface area contributed by atoms with Gasteiger partial charge in [-0.25, -0.2) is 4.79 Å². The first-order chi connectivity index (χ1) is 12.7. The van der Waals surface area contributed by atoms with Crippen LogP contribution in [0.15, 0.2) is 27.8 Å². The number of aryl methyl sites for hydroxylation is 1. The summed E-state index contributed by atoms with van der Waals surface area (Å²) in [7, 11) is 4.30. The minimum Gasteiger partial charge on any atom is -0.495 e. The number of hydrogen-bond donors (Lipinski definition) is 1. The average molecular weight is 412 g/mol. The highest BCUT2D eigenvalue weighted by Gasteiger charge is 2.20.